The predicted molar refractivity (Wildman–Crippen MR) is 142 cm³/mol. The van der Waals surface area contributed by atoms with E-state index in [1.807, 2.05) is 54.6 Å². The molecule has 184 valence electrons. The molecule has 1 aliphatic carbocycles. The largest absolute Gasteiger partial charge is 0.452 e. The van der Waals surface area contributed by atoms with Gasteiger partial charge in [0, 0.05) is 17.6 Å². The van der Waals surface area contributed by atoms with Crippen LogP contribution in [0.3, 0.4) is 0 Å². The van der Waals surface area contributed by atoms with Crippen LogP contribution in [0.1, 0.15) is 45.6 Å². The maximum absolute atomic E-state index is 13.5. The summed E-state index contributed by atoms with van der Waals surface area (Å²) in [5, 5.41) is 0.716. The van der Waals surface area contributed by atoms with E-state index in [4.69, 9.17) is 9.72 Å². The van der Waals surface area contributed by atoms with Gasteiger partial charge in [-0.2, -0.15) is 0 Å². The number of hydrogen-bond acceptors (Lipinski definition) is 4. The molecule has 4 aromatic rings. The number of para-hydroxylation sites is 2. The van der Waals surface area contributed by atoms with Crippen molar-refractivity contribution in [2.45, 2.75) is 25.7 Å². The molecule has 0 N–H and O–H groups in total. The maximum Gasteiger partial charge on any atom is 0.339 e. The molecule has 0 saturated carbocycles. The van der Waals surface area contributed by atoms with Gasteiger partial charge in [-0.3, -0.25) is 4.79 Å². The molecular weight excluding hydrogens is 467 g/mol. The molecule has 0 saturated heterocycles. The van der Waals surface area contributed by atoms with Crippen molar-refractivity contribution >= 4 is 40.1 Å². The number of carbonyl (C=O) groups excluding carboxylic acids is 2. The molecule has 0 atom stereocenters. The Hall–Kier alpha value is -4.32. The Bertz CT molecular complexity index is 1560. The van der Waals surface area contributed by atoms with Crippen molar-refractivity contribution in [3.8, 4) is 0 Å². The summed E-state index contributed by atoms with van der Waals surface area (Å²) >= 11 is 0. The molecule has 2 aliphatic rings. The lowest BCUT2D eigenvalue weighted by molar-refractivity contribution is -0.121. The van der Waals surface area contributed by atoms with Crippen LogP contribution in [0, 0.1) is 5.82 Å². The normalized spacial score (nSPS) is 15.5. The van der Waals surface area contributed by atoms with Gasteiger partial charge in [0.15, 0.2) is 6.61 Å². The first-order chi connectivity index (χ1) is 18.1. The summed E-state index contributed by atoms with van der Waals surface area (Å²) in [7, 11) is 0. The quantitative estimate of drug-likeness (QED) is 0.328. The van der Waals surface area contributed by atoms with Gasteiger partial charge in [-0.05, 0) is 78.3 Å². The second-order valence-corrected chi connectivity index (χ2v) is 9.41. The van der Waals surface area contributed by atoms with Crippen LogP contribution < -0.4 is 4.90 Å². The lowest BCUT2D eigenvalue weighted by Crippen LogP contribution is -2.33. The van der Waals surface area contributed by atoms with Crippen molar-refractivity contribution < 1.29 is 18.7 Å². The number of aromatic nitrogens is 1. The van der Waals surface area contributed by atoms with Gasteiger partial charge in [-0.1, -0.05) is 48.5 Å². The minimum absolute atomic E-state index is 0.234. The minimum atomic E-state index is -0.515. The highest BCUT2D eigenvalue weighted by Gasteiger charge is 2.28. The molecule has 6 heteroatoms. The number of anilines is 1. The number of nitrogens with zero attached hydrogens (tertiary/aromatic N) is 2. The standard InChI is InChI=1S/C31H25FN2O3/c32-23-14-12-20(13-15-23)18-22-7-5-9-25-29(24-8-2-3-10-26(24)33-30(22)25)31(36)37-19-28(35)34-17-16-21-6-1-4-11-27(21)34/h1-4,6,8,10-15,18H,5,7,9,16-17,19H2. The SMILES string of the molecule is O=C(OCC(=O)N1CCc2ccccc21)c1c2c(nc3ccccc13)C(=Cc1ccc(F)cc1)CCC2. The monoisotopic (exact) mass is 492 g/mol. The molecule has 37 heavy (non-hydrogen) atoms. The Labute approximate surface area is 214 Å². The molecular formula is C31H25FN2O3. The van der Waals surface area contributed by atoms with Gasteiger partial charge in [0.2, 0.25) is 0 Å². The number of amides is 1. The van der Waals surface area contributed by atoms with Gasteiger partial charge in [0.05, 0.1) is 16.8 Å². The number of esters is 1. The molecule has 0 radical (unpaired) electrons. The summed E-state index contributed by atoms with van der Waals surface area (Å²) in [6.07, 6.45) is 5.14. The van der Waals surface area contributed by atoms with E-state index in [0.29, 0.717) is 29.4 Å². The van der Waals surface area contributed by atoms with Crippen LogP contribution in [-0.2, 0) is 22.4 Å². The first kappa shape index (κ1) is 23.1. The number of allylic oxidation sites excluding steroid dienone is 1. The summed E-state index contributed by atoms with van der Waals surface area (Å²) in [6, 6.07) is 21.6. The summed E-state index contributed by atoms with van der Waals surface area (Å²) in [5.74, 6) is -1.03. The van der Waals surface area contributed by atoms with Gasteiger partial charge in [0.1, 0.15) is 5.82 Å². The number of benzene rings is 3. The highest BCUT2D eigenvalue weighted by atomic mass is 19.1. The molecule has 0 bridgehead atoms. The number of ether oxygens (including phenoxy) is 1. The molecule has 0 unspecified atom stereocenters. The van der Waals surface area contributed by atoms with Crippen LogP contribution in [0.15, 0.2) is 72.8 Å². The summed E-state index contributed by atoms with van der Waals surface area (Å²) < 4.78 is 19.0. The first-order valence-corrected chi connectivity index (χ1v) is 12.5. The second-order valence-electron chi connectivity index (χ2n) is 9.41. The Kier molecular flexibility index (Phi) is 6.01. The average Bonchev–Trinajstić information content (AvgIpc) is 3.36. The lowest BCUT2D eigenvalue weighted by atomic mass is 9.86. The van der Waals surface area contributed by atoms with E-state index in [0.717, 1.165) is 52.9 Å². The van der Waals surface area contributed by atoms with Crippen molar-refractivity contribution in [2.24, 2.45) is 0 Å². The molecule has 3 aromatic carbocycles. The van der Waals surface area contributed by atoms with Crippen LogP contribution in [0.4, 0.5) is 10.1 Å². The van der Waals surface area contributed by atoms with E-state index in [1.54, 1.807) is 17.0 Å². The third kappa shape index (κ3) is 4.40. The highest BCUT2D eigenvalue weighted by Crippen LogP contribution is 2.36. The number of pyridine rings is 1. The van der Waals surface area contributed by atoms with Crippen LogP contribution in [0.5, 0.6) is 0 Å². The smallest absolute Gasteiger partial charge is 0.339 e. The maximum atomic E-state index is 13.5. The molecule has 2 heterocycles. The summed E-state index contributed by atoms with van der Waals surface area (Å²) in [6.45, 7) is 0.262. The average molecular weight is 493 g/mol. The van der Waals surface area contributed by atoms with Crippen molar-refractivity contribution in [1.82, 2.24) is 4.98 Å². The topological polar surface area (TPSA) is 59.5 Å². The first-order valence-electron chi connectivity index (χ1n) is 12.5. The fraction of sp³-hybridized carbons (Fsp3) is 0.194. The van der Waals surface area contributed by atoms with Crippen molar-refractivity contribution in [3.05, 3.63) is 107 Å². The number of hydrogen-bond donors (Lipinski definition) is 0. The van der Waals surface area contributed by atoms with E-state index in [1.165, 1.54) is 12.1 Å². The van der Waals surface area contributed by atoms with Gasteiger partial charge >= 0.3 is 5.97 Å². The summed E-state index contributed by atoms with van der Waals surface area (Å²) in [5.41, 5.74) is 6.64. The third-order valence-electron chi connectivity index (χ3n) is 7.10. The minimum Gasteiger partial charge on any atom is -0.452 e. The van der Waals surface area contributed by atoms with Gasteiger partial charge in [0.25, 0.3) is 5.91 Å². The molecule has 5 nitrogen and oxygen atoms in total. The predicted octanol–water partition coefficient (Wildman–Crippen LogP) is 6.00. The zero-order chi connectivity index (χ0) is 25.4. The van der Waals surface area contributed by atoms with E-state index in [9.17, 15) is 14.0 Å². The lowest BCUT2D eigenvalue weighted by Gasteiger charge is -2.23. The van der Waals surface area contributed by atoms with Crippen LogP contribution in [0.25, 0.3) is 22.6 Å². The Morgan fingerprint density at radius 3 is 2.59 bits per heavy atom. The second kappa shape index (κ2) is 9.62. The fourth-order valence-electron chi connectivity index (χ4n) is 5.34. The van der Waals surface area contributed by atoms with Crippen molar-refractivity contribution in [1.29, 1.82) is 0 Å². The molecule has 6 rings (SSSR count). The zero-order valence-corrected chi connectivity index (χ0v) is 20.2. The Morgan fingerprint density at radius 1 is 0.946 bits per heavy atom. The highest BCUT2D eigenvalue weighted by molar-refractivity contribution is 6.07. The zero-order valence-electron chi connectivity index (χ0n) is 20.2. The van der Waals surface area contributed by atoms with E-state index in [2.05, 4.69) is 0 Å². The molecule has 0 spiro atoms. The number of halogens is 1. The summed E-state index contributed by atoms with van der Waals surface area (Å²) in [4.78, 5) is 33.1. The Balaban J connectivity index is 1.33. The van der Waals surface area contributed by atoms with Gasteiger partial charge in [-0.25, -0.2) is 14.2 Å². The molecule has 0 fully saturated rings. The van der Waals surface area contributed by atoms with Crippen LogP contribution >= 0.6 is 0 Å². The van der Waals surface area contributed by atoms with Gasteiger partial charge in [-0.15, -0.1) is 0 Å². The van der Waals surface area contributed by atoms with Gasteiger partial charge < -0.3 is 9.64 Å². The fourth-order valence-corrected chi connectivity index (χ4v) is 5.34. The van der Waals surface area contributed by atoms with E-state index >= 15 is 0 Å². The van der Waals surface area contributed by atoms with Crippen molar-refractivity contribution in [2.75, 3.05) is 18.1 Å². The molecule has 1 amide bonds. The van der Waals surface area contributed by atoms with Crippen LogP contribution in [0.2, 0.25) is 0 Å². The third-order valence-corrected chi connectivity index (χ3v) is 7.10. The molecule has 1 aromatic heterocycles. The van der Waals surface area contributed by atoms with E-state index < -0.39 is 5.97 Å². The number of carbonyl (C=O) groups is 2. The van der Waals surface area contributed by atoms with Crippen LogP contribution in [-0.4, -0.2) is 30.0 Å². The number of fused-ring (bicyclic) bond motifs is 3. The molecule has 1 aliphatic heterocycles. The van der Waals surface area contributed by atoms with E-state index in [-0.39, 0.29) is 18.3 Å². The van der Waals surface area contributed by atoms with Crippen molar-refractivity contribution in [3.63, 3.8) is 0 Å². The Morgan fingerprint density at radius 2 is 1.73 bits per heavy atom. The number of rotatable bonds is 4.